The minimum Gasteiger partial charge on any atom is -0.307 e. The van der Waals surface area contributed by atoms with Crippen molar-refractivity contribution in [1.29, 1.82) is 0 Å². The Kier molecular flexibility index (Phi) is 3.58. The van der Waals surface area contributed by atoms with E-state index >= 15 is 0 Å². The summed E-state index contributed by atoms with van der Waals surface area (Å²) in [5, 5.41) is 3.04. The van der Waals surface area contributed by atoms with Gasteiger partial charge in [0.2, 0.25) is 0 Å². The van der Waals surface area contributed by atoms with Crippen LogP contribution in [0.4, 0.5) is 10.2 Å². The predicted octanol–water partition coefficient (Wildman–Crippen LogP) is 3.43. The summed E-state index contributed by atoms with van der Waals surface area (Å²) in [4.78, 5) is 15.7. The molecule has 1 aromatic carbocycles. The van der Waals surface area contributed by atoms with Gasteiger partial charge in [-0.15, -0.1) is 0 Å². The molecule has 2 rings (SSSR count). The van der Waals surface area contributed by atoms with Gasteiger partial charge >= 0.3 is 0 Å². The second-order valence-electron chi connectivity index (χ2n) is 3.78. The maximum Gasteiger partial charge on any atom is 0.256 e. The number of hydrogen-bond acceptors (Lipinski definition) is 2. The zero-order valence-corrected chi connectivity index (χ0v) is 10.3. The largest absolute Gasteiger partial charge is 0.307 e. The Morgan fingerprint density at radius 1 is 1.33 bits per heavy atom. The minimum absolute atomic E-state index is 0.245. The molecule has 0 unspecified atom stereocenters. The van der Waals surface area contributed by atoms with Crippen LogP contribution in [-0.4, -0.2) is 10.9 Å². The van der Waals surface area contributed by atoms with Gasteiger partial charge in [-0.1, -0.05) is 17.7 Å². The number of aromatic nitrogens is 1. The summed E-state index contributed by atoms with van der Waals surface area (Å²) in [6, 6.07) is 7.49. The van der Waals surface area contributed by atoms with Crippen LogP contribution < -0.4 is 5.32 Å². The molecule has 0 bridgehead atoms. The van der Waals surface area contributed by atoms with E-state index in [2.05, 4.69) is 10.3 Å². The summed E-state index contributed by atoms with van der Waals surface area (Å²) in [5.74, 6) is -0.458. The van der Waals surface area contributed by atoms with Crippen LogP contribution in [0.5, 0.6) is 0 Å². The third kappa shape index (κ3) is 2.84. The first-order chi connectivity index (χ1) is 8.56. The molecule has 1 heterocycles. The highest BCUT2D eigenvalue weighted by Crippen LogP contribution is 2.13. The number of nitrogens with zero attached hydrogens (tertiary/aromatic N) is 1. The van der Waals surface area contributed by atoms with Crippen molar-refractivity contribution in [3.63, 3.8) is 0 Å². The topological polar surface area (TPSA) is 42.0 Å². The lowest BCUT2D eigenvalue weighted by molar-refractivity contribution is 0.102. The number of pyridine rings is 1. The number of amides is 1. The Bertz CT molecular complexity index is 584. The predicted molar refractivity (Wildman–Crippen MR) is 68.3 cm³/mol. The first kappa shape index (κ1) is 12.5. The molecule has 1 N–H and O–H groups in total. The second-order valence-corrected chi connectivity index (χ2v) is 4.22. The van der Waals surface area contributed by atoms with E-state index in [1.165, 1.54) is 12.3 Å². The van der Waals surface area contributed by atoms with Crippen molar-refractivity contribution in [2.45, 2.75) is 6.92 Å². The maximum absolute atomic E-state index is 13.3. The maximum atomic E-state index is 13.3. The van der Waals surface area contributed by atoms with E-state index in [9.17, 15) is 9.18 Å². The number of carbonyl (C=O) groups excluding carboxylic acids is 1. The molecule has 5 heteroatoms. The lowest BCUT2D eigenvalue weighted by Gasteiger charge is -2.05. The average Bonchev–Trinajstić information content (AvgIpc) is 2.35. The fourth-order valence-corrected chi connectivity index (χ4v) is 1.48. The molecule has 2 aromatic rings. The molecule has 0 aliphatic rings. The third-order valence-corrected chi connectivity index (χ3v) is 2.63. The van der Waals surface area contributed by atoms with Crippen molar-refractivity contribution in [2.24, 2.45) is 0 Å². The number of anilines is 1. The number of halogens is 2. The van der Waals surface area contributed by atoms with Crippen LogP contribution in [0.3, 0.4) is 0 Å². The van der Waals surface area contributed by atoms with Crippen molar-refractivity contribution < 1.29 is 9.18 Å². The van der Waals surface area contributed by atoms with E-state index in [4.69, 9.17) is 11.6 Å². The Morgan fingerprint density at radius 3 is 2.72 bits per heavy atom. The fourth-order valence-electron chi connectivity index (χ4n) is 1.37. The number of rotatable bonds is 2. The van der Waals surface area contributed by atoms with Gasteiger partial charge in [0.1, 0.15) is 11.6 Å². The highest BCUT2D eigenvalue weighted by atomic mass is 35.5. The summed E-state index contributed by atoms with van der Waals surface area (Å²) >= 11 is 5.68. The Balaban J connectivity index is 2.16. The fraction of sp³-hybridized carbons (Fsp3) is 0.0769. The normalized spacial score (nSPS) is 10.2. The molecule has 0 atom stereocenters. The van der Waals surface area contributed by atoms with Crippen molar-refractivity contribution >= 4 is 23.3 Å². The number of carbonyl (C=O) groups is 1. The van der Waals surface area contributed by atoms with Crippen LogP contribution in [0.2, 0.25) is 5.02 Å². The molecule has 0 radical (unpaired) electrons. The summed E-state index contributed by atoms with van der Waals surface area (Å²) in [7, 11) is 0. The van der Waals surface area contributed by atoms with Crippen LogP contribution in [0.25, 0.3) is 0 Å². The Hall–Kier alpha value is -1.94. The number of hydrogen-bond donors (Lipinski definition) is 1. The van der Waals surface area contributed by atoms with Gasteiger partial charge in [-0.25, -0.2) is 9.37 Å². The lowest BCUT2D eigenvalue weighted by atomic mass is 10.1. The van der Waals surface area contributed by atoms with Crippen LogP contribution >= 0.6 is 11.6 Å². The van der Waals surface area contributed by atoms with E-state index in [1.54, 1.807) is 31.2 Å². The van der Waals surface area contributed by atoms with Gasteiger partial charge < -0.3 is 5.32 Å². The van der Waals surface area contributed by atoms with E-state index < -0.39 is 11.7 Å². The molecule has 1 amide bonds. The van der Waals surface area contributed by atoms with Gasteiger partial charge in [0.15, 0.2) is 0 Å². The highest BCUT2D eigenvalue weighted by Gasteiger charge is 2.08. The monoisotopic (exact) mass is 264 g/mol. The quantitative estimate of drug-likeness (QED) is 0.903. The van der Waals surface area contributed by atoms with Crippen LogP contribution in [0, 0.1) is 12.7 Å². The van der Waals surface area contributed by atoms with Gasteiger partial charge in [-0.3, -0.25) is 4.79 Å². The molecule has 3 nitrogen and oxygen atoms in total. The van der Waals surface area contributed by atoms with Crippen molar-refractivity contribution in [1.82, 2.24) is 4.98 Å². The van der Waals surface area contributed by atoms with Crippen LogP contribution in [0.15, 0.2) is 36.5 Å². The van der Waals surface area contributed by atoms with Crippen molar-refractivity contribution in [2.75, 3.05) is 5.32 Å². The van der Waals surface area contributed by atoms with Crippen molar-refractivity contribution in [3.05, 3.63) is 58.5 Å². The van der Waals surface area contributed by atoms with E-state index in [1.807, 2.05) is 0 Å². The molecule has 18 heavy (non-hydrogen) atoms. The molecule has 0 saturated heterocycles. The summed E-state index contributed by atoms with van der Waals surface area (Å²) in [6.07, 6.45) is 1.42. The Labute approximate surface area is 109 Å². The smallest absolute Gasteiger partial charge is 0.256 e. The zero-order valence-electron chi connectivity index (χ0n) is 9.58. The van der Waals surface area contributed by atoms with E-state index in [0.717, 1.165) is 0 Å². The van der Waals surface area contributed by atoms with Crippen LogP contribution in [0.1, 0.15) is 15.9 Å². The summed E-state index contributed by atoms with van der Waals surface area (Å²) in [5.41, 5.74) is 0.742. The van der Waals surface area contributed by atoms with Crippen molar-refractivity contribution in [3.8, 4) is 0 Å². The molecule has 0 saturated carbocycles. The van der Waals surface area contributed by atoms with Crippen LogP contribution in [-0.2, 0) is 0 Å². The molecule has 0 fully saturated rings. The number of aryl methyl sites for hydroxylation is 1. The van der Waals surface area contributed by atoms with Gasteiger partial charge in [-0.05, 0) is 36.8 Å². The SMILES string of the molecule is Cc1ccc(C(=O)Nc2ccc(Cl)cn2)cc1F. The van der Waals surface area contributed by atoms with Gasteiger partial charge in [0.25, 0.3) is 5.91 Å². The first-order valence-electron chi connectivity index (χ1n) is 5.25. The molecule has 92 valence electrons. The first-order valence-corrected chi connectivity index (χ1v) is 5.63. The van der Waals surface area contributed by atoms with E-state index in [0.29, 0.717) is 16.4 Å². The molecule has 0 aliphatic heterocycles. The van der Waals surface area contributed by atoms with Gasteiger partial charge in [-0.2, -0.15) is 0 Å². The molecule has 0 aliphatic carbocycles. The zero-order chi connectivity index (χ0) is 13.1. The molecular formula is C13H10ClFN2O. The average molecular weight is 265 g/mol. The Morgan fingerprint density at radius 2 is 2.11 bits per heavy atom. The second kappa shape index (κ2) is 5.14. The standard InChI is InChI=1S/C13H10ClFN2O/c1-8-2-3-9(6-11(8)15)13(18)17-12-5-4-10(14)7-16-12/h2-7H,1H3,(H,16,17,18). The number of nitrogens with one attached hydrogen (secondary N) is 1. The third-order valence-electron chi connectivity index (χ3n) is 2.40. The summed E-state index contributed by atoms with van der Waals surface area (Å²) < 4.78 is 13.3. The molecule has 0 spiro atoms. The van der Waals surface area contributed by atoms with E-state index in [-0.39, 0.29) is 5.56 Å². The van der Waals surface area contributed by atoms with Gasteiger partial charge in [0, 0.05) is 11.8 Å². The molecular weight excluding hydrogens is 255 g/mol. The number of benzene rings is 1. The van der Waals surface area contributed by atoms with Gasteiger partial charge in [0.05, 0.1) is 5.02 Å². The summed E-state index contributed by atoms with van der Waals surface area (Å²) in [6.45, 7) is 1.64. The highest BCUT2D eigenvalue weighted by molar-refractivity contribution is 6.30. The minimum atomic E-state index is -0.413. The lowest BCUT2D eigenvalue weighted by Crippen LogP contribution is -2.13. The molecule has 1 aromatic heterocycles.